The van der Waals surface area contributed by atoms with Gasteiger partial charge in [0.05, 0.1) is 12.0 Å². The molecule has 0 aliphatic heterocycles. The molecule has 0 aliphatic carbocycles. The van der Waals surface area contributed by atoms with E-state index in [1.54, 1.807) is 6.33 Å². The minimum atomic E-state index is 0.359. The van der Waals surface area contributed by atoms with Gasteiger partial charge in [-0.1, -0.05) is 44.3 Å². The number of aromatic nitrogens is 2. The lowest BCUT2D eigenvalue weighted by Gasteiger charge is -2.15. The van der Waals surface area contributed by atoms with Crippen molar-refractivity contribution in [3.63, 3.8) is 0 Å². The number of benzene rings is 1. The van der Waals surface area contributed by atoms with Crippen LogP contribution in [0.25, 0.3) is 11.3 Å². The molecule has 1 N–H and O–H groups in total. The summed E-state index contributed by atoms with van der Waals surface area (Å²) in [5, 5.41) is 0. The highest BCUT2D eigenvalue weighted by Crippen LogP contribution is 2.30. The summed E-state index contributed by atoms with van der Waals surface area (Å²) in [6.07, 6.45) is 1.69. The Morgan fingerprint density at radius 1 is 1.22 bits per heavy atom. The van der Waals surface area contributed by atoms with Crippen molar-refractivity contribution < 1.29 is 0 Å². The van der Waals surface area contributed by atoms with E-state index in [1.165, 1.54) is 16.7 Å². The average molecular weight is 258 g/mol. The van der Waals surface area contributed by atoms with Crippen LogP contribution in [0.5, 0.6) is 0 Å². The molecule has 18 heavy (non-hydrogen) atoms. The maximum Gasteiger partial charge on any atom is 0.133 e. The fourth-order valence-electron chi connectivity index (χ4n) is 2.19. The third kappa shape index (κ3) is 2.23. The third-order valence-electron chi connectivity index (χ3n) is 3.34. The molecule has 3 heteroatoms. The lowest BCUT2D eigenvalue weighted by molar-refractivity contribution is 0.843. The third-order valence-corrected chi connectivity index (χ3v) is 3.67. The van der Waals surface area contributed by atoms with Gasteiger partial charge in [0.2, 0.25) is 0 Å². The van der Waals surface area contributed by atoms with E-state index in [-0.39, 0.29) is 0 Å². The normalized spacial score (nSPS) is 10.9. The van der Waals surface area contributed by atoms with Crippen LogP contribution >= 0.6 is 12.2 Å². The van der Waals surface area contributed by atoms with E-state index in [0.717, 1.165) is 11.3 Å². The largest absolute Gasteiger partial charge is 0.346 e. The number of aromatic amines is 1. The van der Waals surface area contributed by atoms with Gasteiger partial charge >= 0.3 is 0 Å². The molecule has 2 nitrogen and oxygen atoms in total. The van der Waals surface area contributed by atoms with Crippen molar-refractivity contribution in [3.8, 4) is 11.3 Å². The minimum Gasteiger partial charge on any atom is -0.346 e. The SMILES string of the molecule is Cc1cccc(-c2[nH]cnc(=S)c2C(C)C)c1C. The van der Waals surface area contributed by atoms with Crippen molar-refractivity contribution in [1.82, 2.24) is 9.97 Å². The Hall–Kier alpha value is -1.48. The van der Waals surface area contributed by atoms with Gasteiger partial charge in [-0.2, -0.15) is 0 Å². The fourth-order valence-corrected chi connectivity index (χ4v) is 2.58. The van der Waals surface area contributed by atoms with Crippen LogP contribution in [-0.4, -0.2) is 9.97 Å². The summed E-state index contributed by atoms with van der Waals surface area (Å²) in [6, 6.07) is 6.34. The minimum absolute atomic E-state index is 0.359. The second-order valence-electron chi connectivity index (χ2n) is 4.90. The van der Waals surface area contributed by atoms with Crippen molar-refractivity contribution in [2.24, 2.45) is 0 Å². The predicted molar refractivity (Wildman–Crippen MR) is 78.4 cm³/mol. The number of hydrogen-bond acceptors (Lipinski definition) is 2. The molecular formula is C15H18N2S. The first-order valence-corrected chi connectivity index (χ1v) is 6.57. The molecule has 0 aliphatic rings. The van der Waals surface area contributed by atoms with E-state index in [1.807, 2.05) is 0 Å². The fraction of sp³-hybridized carbons (Fsp3) is 0.333. The lowest BCUT2D eigenvalue weighted by atomic mass is 9.94. The van der Waals surface area contributed by atoms with Crippen molar-refractivity contribution in [3.05, 3.63) is 45.9 Å². The molecule has 0 saturated carbocycles. The molecule has 2 rings (SSSR count). The molecule has 1 aromatic heterocycles. The number of aryl methyl sites for hydroxylation is 1. The van der Waals surface area contributed by atoms with Crippen LogP contribution in [0.4, 0.5) is 0 Å². The molecule has 2 aromatic rings. The van der Waals surface area contributed by atoms with Gasteiger partial charge in [0, 0.05) is 11.1 Å². The molecule has 0 radical (unpaired) electrons. The van der Waals surface area contributed by atoms with Crippen LogP contribution in [0.15, 0.2) is 24.5 Å². The molecule has 94 valence electrons. The van der Waals surface area contributed by atoms with Crippen molar-refractivity contribution in [1.29, 1.82) is 0 Å². The summed E-state index contributed by atoms with van der Waals surface area (Å²) in [5.74, 6) is 0.359. The van der Waals surface area contributed by atoms with Crippen molar-refractivity contribution in [2.75, 3.05) is 0 Å². The Morgan fingerprint density at radius 3 is 2.61 bits per heavy atom. The summed E-state index contributed by atoms with van der Waals surface area (Å²) in [7, 11) is 0. The van der Waals surface area contributed by atoms with Gasteiger partial charge in [0.1, 0.15) is 4.64 Å². The van der Waals surface area contributed by atoms with Crippen LogP contribution in [0, 0.1) is 18.5 Å². The van der Waals surface area contributed by atoms with Crippen LogP contribution in [0.3, 0.4) is 0 Å². The lowest BCUT2D eigenvalue weighted by Crippen LogP contribution is -2.00. The van der Waals surface area contributed by atoms with Crippen molar-refractivity contribution in [2.45, 2.75) is 33.6 Å². The number of H-pyrrole nitrogens is 1. The van der Waals surface area contributed by atoms with Crippen molar-refractivity contribution >= 4 is 12.2 Å². The molecule has 0 bridgehead atoms. The van der Waals surface area contributed by atoms with Crippen LogP contribution in [0.1, 0.15) is 36.5 Å². The zero-order valence-electron chi connectivity index (χ0n) is 11.2. The van der Waals surface area contributed by atoms with Gasteiger partial charge in [-0.3, -0.25) is 0 Å². The van der Waals surface area contributed by atoms with Crippen LogP contribution in [-0.2, 0) is 0 Å². The quantitative estimate of drug-likeness (QED) is 0.801. The molecule has 0 saturated heterocycles. The van der Waals surface area contributed by atoms with E-state index in [2.05, 4.69) is 55.9 Å². The maximum absolute atomic E-state index is 5.36. The molecular weight excluding hydrogens is 240 g/mol. The molecule has 0 unspecified atom stereocenters. The topological polar surface area (TPSA) is 28.7 Å². The highest BCUT2D eigenvalue weighted by Gasteiger charge is 2.13. The predicted octanol–water partition coefficient (Wildman–Crippen LogP) is 4.55. The molecule has 0 amide bonds. The van der Waals surface area contributed by atoms with Gasteiger partial charge in [0.25, 0.3) is 0 Å². The number of rotatable bonds is 2. The first-order valence-electron chi connectivity index (χ1n) is 6.16. The molecule has 0 atom stereocenters. The number of nitrogens with zero attached hydrogens (tertiary/aromatic N) is 1. The zero-order chi connectivity index (χ0) is 13.3. The van der Waals surface area contributed by atoms with E-state index >= 15 is 0 Å². The van der Waals surface area contributed by atoms with E-state index in [0.29, 0.717) is 10.6 Å². The standard InChI is InChI=1S/C15H18N2S/c1-9(2)13-14(16-8-17-15(13)18)12-7-5-6-10(3)11(12)4/h5-9H,1-4H3,(H,16,17,18). The van der Waals surface area contributed by atoms with Gasteiger partial charge < -0.3 is 4.98 Å². The summed E-state index contributed by atoms with van der Waals surface area (Å²) in [5.41, 5.74) is 6.02. The summed E-state index contributed by atoms with van der Waals surface area (Å²) >= 11 is 5.36. The van der Waals surface area contributed by atoms with Crippen LogP contribution in [0.2, 0.25) is 0 Å². The van der Waals surface area contributed by atoms with Gasteiger partial charge in [0.15, 0.2) is 0 Å². The molecule has 1 aromatic carbocycles. The highest BCUT2D eigenvalue weighted by atomic mass is 32.1. The van der Waals surface area contributed by atoms with Gasteiger partial charge in [-0.05, 0) is 30.9 Å². The number of nitrogens with one attached hydrogen (secondary N) is 1. The number of hydrogen-bond donors (Lipinski definition) is 1. The Morgan fingerprint density at radius 2 is 1.94 bits per heavy atom. The smallest absolute Gasteiger partial charge is 0.133 e. The van der Waals surface area contributed by atoms with E-state index in [4.69, 9.17) is 12.2 Å². The van der Waals surface area contributed by atoms with E-state index < -0.39 is 0 Å². The first-order chi connectivity index (χ1) is 8.52. The highest BCUT2D eigenvalue weighted by molar-refractivity contribution is 7.71. The van der Waals surface area contributed by atoms with Gasteiger partial charge in [-0.25, -0.2) is 4.98 Å². The summed E-state index contributed by atoms with van der Waals surface area (Å²) in [4.78, 5) is 7.46. The Labute approximate surface area is 113 Å². The Balaban J connectivity index is 2.76. The van der Waals surface area contributed by atoms with Gasteiger partial charge in [-0.15, -0.1) is 0 Å². The molecule has 0 spiro atoms. The summed E-state index contributed by atoms with van der Waals surface area (Å²) < 4.78 is 0.694. The Kier molecular flexibility index (Phi) is 3.62. The average Bonchev–Trinajstić information content (AvgIpc) is 2.32. The summed E-state index contributed by atoms with van der Waals surface area (Å²) in [6.45, 7) is 8.57. The Bertz CT molecular complexity index is 627. The van der Waals surface area contributed by atoms with Crippen LogP contribution < -0.4 is 0 Å². The van der Waals surface area contributed by atoms with E-state index in [9.17, 15) is 0 Å². The first kappa shape index (κ1) is 13.0. The zero-order valence-corrected chi connectivity index (χ0v) is 12.1. The monoisotopic (exact) mass is 258 g/mol. The molecule has 1 heterocycles. The second kappa shape index (κ2) is 5.02. The maximum atomic E-state index is 5.36. The second-order valence-corrected chi connectivity index (χ2v) is 5.29. The molecule has 0 fully saturated rings.